The van der Waals surface area contributed by atoms with Gasteiger partial charge in [0.25, 0.3) is 5.91 Å². The molecule has 0 saturated carbocycles. The van der Waals surface area contributed by atoms with Gasteiger partial charge >= 0.3 is 0 Å². The van der Waals surface area contributed by atoms with Crippen molar-refractivity contribution in [1.29, 1.82) is 0 Å². The molecule has 3 rings (SSSR count). The third-order valence-corrected chi connectivity index (χ3v) is 4.53. The Hall–Kier alpha value is -2.82. The first-order chi connectivity index (χ1) is 12.7. The van der Waals surface area contributed by atoms with E-state index in [-0.39, 0.29) is 11.8 Å². The van der Waals surface area contributed by atoms with Crippen LogP contribution in [0.1, 0.15) is 22.8 Å². The van der Waals surface area contributed by atoms with Crippen molar-refractivity contribution >= 4 is 11.8 Å². The van der Waals surface area contributed by atoms with Crippen molar-refractivity contribution < 1.29 is 14.3 Å². The summed E-state index contributed by atoms with van der Waals surface area (Å²) < 4.78 is 5.41. The Kier molecular flexibility index (Phi) is 5.89. The first-order valence-corrected chi connectivity index (χ1v) is 9.01. The molecule has 1 saturated heterocycles. The molecular formula is C21H24N2O3. The number of piperazine rings is 1. The van der Waals surface area contributed by atoms with Gasteiger partial charge in [-0.15, -0.1) is 0 Å². The van der Waals surface area contributed by atoms with Gasteiger partial charge in [0, 0.05) is 31.7 Å². The number of ether oxygens (including phenoxy) is 1. The minimum atomic E-state index is 0.00297. The fourth-order valence-electron chi connectivity index (χ4n) is 3.08. The van der Waals surface area contributed by atoms with E-state index < -0.39 is 0 Å². The van der Waals surface area contributed by atoms with E-state index in [0.29, 0.717) is 44.8 Å². The summed E-state index contributed by atoms with van der Waals surface area (Å²) in [6.07, 6.45) is 0.410. The largest absolute Gasteiger partial charge is 0.494 e. The predicted octanol–water partition coefficient (Wildman–Crippen LogP) is 2.61. The smallest absolute Gasteiger partial charge is 0.253 e. The maximum atomic E-state index is 12.6. The van der Waals surface area contributed by atoms with Crippen molar-refractivity contribution in [3.63, 3.8) is 0 Å². The van der Waals surface area contributed by atoms with Gasteiger partial charge in [-0.1, -0.05) is 30.3 Å². The molecule has 136 valence electrons. The van der Waals surface area contributed by atoms with Crippen LogP contribution < -0.4 is 4.74 Å². The van der Waals surface area contributed by atoms with Crippen LogP contribution in [-0.4, -0.2) is 54.4 Å². The molecule has 2 amide bonds. The van der Waals surface area contributed by atoms with Gasteiger partial charge in [0.05, 0.1) is 13.0 Å². The molecule has 0 radical (unpaired) electrons. The van der Waals surface area contributed by atoms with Crippen LogP contribution in [0.2, 0.25) is 0 Å². The van der Waals surface area contributed by atoms with Crippen molar-refractivity contribution in [2.24, 2.45) is 0 Å². The molecule has 26 heavy (non-hydrogen) atoms. The summed E-state index contributed by atoms with van der Waals surface area (Å²) in [5.41, 5.74) is 1.67. The summed E-state index contributed by atoms with van der Waals surface area (Å²) in [7, 11) is 0. The zero-order chi connectivity index (χ0) is 18.4. The van der Waals surface area contributed by atoms with Crippen LogP contribution in [0.15, 0.2) is 54.6 Å². The number of hydrogen-bond acceptors (Lipinski definition) is 3. The highest BCUT2D eigenvalue weighted by Crippen LogP contribution is 2.15. The highest BCUT2D eigenvalue weighted by molar-refractivity contribution is 5.94. The fourth-order valence-corrected chi connectivity index (χ4v) is 3.08. The zero-order valence-corrected chi connectivity index (χ0v) is 15.1. The average Bonchev–Trinajstić information content (AvgIpc) is 2.69. The van der Waals surface area contributed by atoms with Gasteiger partial charge in [-0.25, -0.2) is 0 Å². The van der Waals surface area contributed by atoms with E-state index in [1.165, 1.54) is 0 Å². The Bertz CT molecular complexity index is 736. The fraction of sp³-hybridized carbons (Fsp3) is 0.333. The third kappa shape index (κ3) is 4.42. The summed E-state index contributed by atoms with van der Waals surface area (Å²) in [5.74, 6) is 0.882. The van der Waals surface area contributed by atoms with Gasteiger partial charge in [0.1, 0.15) is 5.75 Å². The lowest BCUT2D eigenvalue weighted by molar-refractivity contribution is -0.131. The Morgan fingerprint density at radius 1 is 0.885 bits per heavy atom. The van der Waals surface area contributed by atoms with Crippen molar-refractivity contribution in [2.45, 2.75) is 13.3 Å². The highest BCUT2D eigenvalue weighted by Gasteiger charge is 2.24. The summed E-state index contributed by atoms with van der Waals surface area (Å²) >= 11 is 0. The third-order valence-electron chi connectivity index (χ3n) is 4.53. The molecule has 0 bridgehead atoms. The maximum absolute atomic E-state index is 12.6. The Morgan fingerprint density at radius 3 is 2.12 bits per heavy atom. The van der Waals surface area contributed by atoms with E-state index in [0.717, 1.165) is 11.3 Å². The number of benzene rings is 2. The Labute approximate surface area is 154 Å². The van der Waals surface area contributed by atoms with Gasteiger partial charge < -0.3 is 14.5 Å². The lowest BCUT2D eigenvalue weighted by atomic mass is 10.1. The average molecular weight is 352 g/mol. The number of rotatable bonds is 5. The van der Waals surface area contributed by atoms with Gasteiger partial charge in [-0.2, -0.15) is 0 Å². The predicted molar refractivity (Wildman–Crippen MR) is 100 cm³/mol. The molecule has 5 heteroatoms. The lowest BCUT2D eigenvalue weighted by Gasteiger charge is -2.35. The lowest BCUT2D eigenvalue weighted by Crippen LogP contribution is -2.51. The van der Waals surface area contributed by atoms with E-state index >= 15 is 0 Å². The second-order valence-electron chi connectivity index (χ2n) is 6.29. The van der Waals surface area contributed by atoms with Crippen LogP contribution in [-0.2, 0) is 11.2 Å². The van der Waals surface area contributed by atoms with Gasteiger partial charge in [-0.05, 0) is 36.8 Å². The summed E-state index contributed by atoms with van der Waals surface area (Å²) in [5, 5.41) is 0. The number of amides is 2. The first kappa shape index (κ1) is 18.0. The molecule has 5 nitrogen and oxygen atoms in total. The van der Waals surface area contributed by atoms with Crippen molar-refractivity contribution in [1.82, 2.24) is 9.80 Å². The molecule has 1 heterocycles. The monoisotopic (exact) mass is 352 g/mol. The minimum Gasteiger partial charge on any atom is -0.494 e. The zero-order valence-electron chi connectivity index (χ0n) is 15.1. The van der Waals surface area contributed by atoms with E-state index in [4.69, 9.17) is 4.74 Å². The molecule has 0 spiro atoms. The van der Waals surface area contributed by atoms with Crippen LogP contribution in [0.4, 0.5) is 0 Å². The molecule has 0 aromatic heterocycles. The summed E-state index contributed by atoms with van der Waals surface area (Å²) in [6, 6.07) is 17.0. The minimum absolute atomic E-state index is 0.00297. The van der Waals surface area contributed by atoms with Crippen molar-refractivity contribution in [3.8, 4) is 5.75 Å². The van der Waals surface area contributed by atoms with Gasteiger partial charge in [0.2, 0.25) is 5.91 Å². The topological polar surface area (TPSA) is 49.9 Å². The molecule has 0 aliphatic carbocycles. The molecule has 2 aromatic carbocycles. The molecule has 1 aliphatic heterocycles. The molecule has 2 aromatic rings. The van der Waals surface area contributed by atoms with Crippen molar-refractivity contribution in [3.05, 3.63) is 65.7 Å². The van der Waals surface area contributed by atoms with Crippen LogP contribution in [0.25, 0.3) is 0 Å². The second-order valence-corrected chi connectivity index (χ2v) is 6.29. The molecule has 0 unspecified atom stereocenters. The maximum Gasteiger partial charge on any atom is 0.253 e. The van der Waals surface area contributed by atoms with Crippen LogP contribution >= 0.6 is 0 Å². The Morgan fingerprint density at radius 2 is 1.50 bits per heavy atom. The summed E-state index contributed by atoms with van der Waals surface area (Å²) in [6.45, 7) is 4.81. The van der Waals surface area contributed by atoms with Crippen molar-refractivity contribution in [2.75, 3.05) is 32.8 Å². The number of hydrogen-bond donors (Lipinski definition) is 0. The number of carbonyl (C=O) groups excluding carboxylic acids is 2. The van der Waals surface area contributed by atoms with E-state index in [1.54, 1.807) is 12.1 Å². The van der Waals surface area contributed by atoms with Crippen LogP contribution in [0, 0.1) is 0 Å². The molecule has 1 aliphatic rings. The first-order valence-electron chi connectivity index (χ1n) is 9.01. The van der Waals surface area contributed by atoms with E-state index in [1.807, 2.05) is 59.2 Å². The van der Waals surface area contributed by atoms with Crippen LogP contribution in [0.3, 0.4) is 0 Å². The number of carbonyl (C=O) groups is 2. The quantitative estimate of drug-likeness (QED) is 0.831. The molecular weight excluding hydrogens is 328 g/mol. The van der Waals surface area contributed by atoms with Gasteiger partial charge in [-0.3, -0.25) is 9.59 Å². The Balaban J connectivity index is 1.52. The SMILES string of the molecule is CCOc1ccc(C(=O)N2CCN(C(=O)Cc3ccccc3)CC2)cc1. The molecule has 0 atom stereocenters. The normalized spacial score (nSPS) is 14.2. The number of nitrogens with zero attached hydrogens (tertiary/aromatic N) is 2. The molecule has 1 fully saturated rings. The van der Waals surface area contributed by atoms with E-state index in [9.17, 15) is 9.59 Å². The van der Waals surface area contributed by atoms with Gasteiger partial charge in [0.15, 0.2) is 0 Å². The standard InChI is InChI=1S/C21H24N2O3/c1-2-26-19-10-8-18(9-11-19)21(25)23-14-12-22(13-15-23)20(24)16-17-6-4-3-5-7-17/h3-11H,2,12-16H2,1H3. The second kappa shape index (κ2) is 8.52. The molecule has 0 N–H and O–H groups in total. The highest BCUT2D eigenvalue weighted by atomic mass is 16.5. The van der Waals surface area contributed by atoms with E-state index in [2.05, 4.69) is 0 Å². The summed E-state index contributed by atoms with van der Waals surface area (Å²) in [4.78, 5) is 28.7. The van der Waals surface area contributed by atoms with Crippen LogP contribution in [0.5, 0.6) is 5.75 Å².